The number of aryl methyl sites for hydroxylation is 2. The van der Waals surface area contributed by atoms with Crippen LogP contribution in [-0.4, -0.2) is 22.2 Å². The molecule has 1 heterocycles. The van der Waals surface area contributed by atoms with Crippen molar-refractivity contribution in [3.05, 3.63) is 11.4 Å². The van der Waals surface area contributed by atoms with Crippen molar-refractivity contribution in [2.75, 3.05) is 11.9 Å². The Labute approximate surface area is 120 Å². The zero-order chi connectivity index (χ0) is 14.8. The Morgan fingerprint density at radius 1 is 1.30 bits per heavy atom. The Balaban J connectivity index is 2.20. The molecule has 1 aromatic rings. The summed E-state index contributed by atoms with van der Waals surface area (Å²) in [4.78, 5) is 12.8. The first-order valence-corrected chi connectivity index (χ1v) is 7.52. The summed E-state index contributed by atoms with van der Waals surface area (Å²) in [6, 6.07) is 0. The predicted molar refractivity (Wildman–Crippen MR) is 80.5 cm³/mol. The number of nitrogens with two attached hydrogens (primary N) is 1. The average molecular weight is 278 g/mol. The molecule has 0 bridgehead atoms. The van der Waals surface area contributed by atoms with Crippen molar-refractivity contribution >= 4 is 11.6 Å². The van der Waals surface area contributed by atoms with Gasteiger partial charge in [0.25, 0.3) is 0 Å². The second kappa shape index (κ2) is 5.95. The molecule has 1 aromatic heterocycles. The summed E-state index contributed by atoms with van der Waals surface area (Å²) in [7, 11) is 1.89. The van der Waals surface area contributed by atoms with Gasteiger partial charge in [-0.3, -0.25) is 9.48 Å². The van der Waals surface area contributed by atoms with Gasteiger partial charge in [-0.2, -0.15) is 5.10 Å². The summed E-state index contributed by atoms with van der Waals surface area (Å²) < 4.78 is 1.80. The number of rotatable bonds is 3. The molecule has 1 fully saturated rings. The standard InChI is InChI=1S/C15H26N4O/c1-11-13(12(2)19(3)18-11)17-14(20)15(10-16)8-6-4-5-7-9-15/h4-10,16H2,1-3H3,(H,17,20). The van der Waals surface area contributed by atoms with Crippen LogP contribution in [0.4, 0.5) is 5.69 Å². The van der Waals surface area contributed by atoms with Gasteiger partial charge in [-0.05, 0) is 26.7 Å². The molecule has 0 aromatic carbocycles. The Hall–Kier alpha value is -1.36. The van der Waals surface area contributed by atoms with E-state index in [9.17, 15) is 4.79 Å². The quantitative estimate of drug-likeness (QED) is 0.833. The van der Waals surface area contributed by atoms with Gasteiger partial charge < -0.3 is 11.1 Å². The fraction of sp³-hybridized carbons (Fsp3) is 0.733. The summed E-state index contributed by atoms with van der Waals surface area (Å²) in [5.74, 6) is 0.0705. The molecule has 112 valence electrons. The molecule has 1 saturated carbocycles. The number of aromatic nitrogens is 2. The van der Waals surface area contributed by atoms with Gasteiger partial charge >= 0.3 is 0 Å². The van der Waals surface area contributed by atoms with Crippen LogP contribution in [0.25, 0.3) is 0 Å². The third-order valence-corrected chi connectivity index (χ3v) is 4.68. The Kier molecular flexibility index (Phi) is 4.48. The molecular weight excluding hydrogens is 252 g/mol. The molecule has 0 aliphatic heterocycles. The highest BCUT2D eigenvalue weighted by Crippen LogP contribution is 2.35. The maximum absolute atomic E-state index is 12.8. The topological polar surface area (TPSA) is 72.9 Å². The summed E-state index contributed by atoms with van der Waals surface area (Å²) >= 11 is 0. The highest BCUT2D eigenvalue weighted by Gasteiger charge is 2.37. The van der Waals surface area contributed by atoms with E-state index in [-0.39, 0.29) is 5.91 Å². The van der Waals surface area contributed by atoms with Gasteiger partial charge in [0, 0.05) is 13.6 Å². The van der Waals surface area contributed by atoms with Gasteiger partial charge in [-0.15, -0.1) is 0 Å². The fourth-order valence-electron chi connectivity index (χ4n) is 3.13. The number of nitrogens with zero attached hydrogens (tertiary/aromatic N) is 2. The van der Waals surface area contributed by atoms with E-state index in [1.807, 2.05) is 20.9 Å². The normalized spacial score (nSPS) is 18.6. The first-order valence-electron chi connectivity index (χ1n) is 7.52. The van der Waals surface area contributed by atoms with Crippen LogP contribution in [0.1, 0.15) is 49.9 Å². The van der Waals surface area contributed by atoms with Crippen LogP contribution < -0.4 is 11.1 Å². The van der Waals surface area contributed by atoms with Crippen LogP contribution >= 0.6 is 0 Å². The van der Waals surface area contributed by atoms with Crippen LogP contribution in [0.5, 0.6) is 0 Å². The summed E-state index contributed by atoms with van der Waals surface area (Å²) in [6.45, 7) is 4.32. The van der Waals surface area contributed by atoms with Crippen LogP contribution in [0.2, 0.25) is 0 Å². The lowest BCUT2D eigenvalue weighted by molar-refractivity contribution is -0.125. The number of amides is 1. The maximum atomic E-state index is 12.8. The van der Waals surface area contributed by atoms with Crippen LogP contribution in [0.3, 0.4) is 0 Å². The number of hydrogen-bond donors (Lipinski definition) is 2. The highest BCUT2D eigenvalue weighted by atomic mass is 16.2. The molecule has 5 nitrogen and oxygen atoms in total. The number of anilines is 1. The van der Waals surface area contributed by atoms with Crippen LogP contribution in [0.15, 0.2) is 0 Å². The van der Waals surface area contributed by atoms with Gasteiger partial charge in [0.2, 0.25) is 5.91 Å². The smallest absolute Gasteiger partial charge is 0.231 e. The SMILES string of the molecule is Cc1nn(C)c(C)c1NC(=O)C1(CN)CCCCCC1. The van der Waals surface area contributed by atoms with E-state index in [0.717, 1.165) is 42.8 Å². The van der Waals surface area contributed by atoms with Gasteiger partial charge in [-0.25, -0.2) is 0 Å². The first-order chi connectivity index (χ1) is 9.50. The van der Waals surface area contributed by atoms with Crippen molar-refractivity contribution in [2.24, 2.45) is 18.2 Å². The second-order valence-corrected chi connectivity index (χ2v) is 6.02. The monoisotopic (exact) mass is 278 g/mol. The van der Waals surface area contributed by atoms with Crippen molar-refractivity contribution in [1.29, 1.82) is 0 Å². The largest absolute Gasteiger partial charge is 0.329 e. The molecular formula is C15H26N4O. The van der Waals surface area contributed by atoms with E-state index in [0.29, 0.717) is 6.54 Å². The minimum atomic E-state index is -0.398. The number of carbonyl (C=O) groups excluding carboxylic acids is 1. The average Bonchev–Trinajstić information content (AvgIpc) is 2.66. The molecule has 1 aliphatic rings. The number of carbonyl (C=O) groups is 1. The molecule has 3 N–H and O–H groups in total. The molecule has 5 heteroatoms. The molecule has 1 amide bonds. The van der Waals surface area contributed by atoms with E-state index in [2.05, 4.69) is 10.4 Å². The summed E-state index contributed by atoms with van der Waals surface area (Å²) in [5.41, 5.74) is 8.25. The fourth-order valence-corrected chi connectivity index (χ4v) is 3.13. The van der Waals surface area contributed by atoms with E-state index in [1.165, 1.54) is 12.8 Å². The highest BCUT2D eigenvalue weighted by molar-refractivity contribution is 5.96. The second-order valence-electron chi connectivity index (χ2n) is 6.02. The van der Waals surface area contributed by atoms with Crippen LogP contribution in [0, 0.1) is 19.3 Å². The Bertz CT molecular complexity index is 484. The lowest BCUT2D eigenvalue weighted by Gasteiger charge is -2.29. The van der Waals surface area contributed by atoms with Crippen molar-refractivity contribution in [2.45, 2.75) is 52.4 Å². The lowest BCUT2D eigenvalue weighted by atomic mass is 9.79. The predicted octanol–water partition coefficient (Wildman–Crippen LogP) is 2.27. The molecule has 0 atom stereocenters. The summed E-state index contributed by atoms with van der Waals surface area (Å²) in [5, 5.41) is 7.43. The minimum absolute atomic E-state index is 0.0705. The third-order valence-electron chi connectivity index (χ3n) is 4.68. The molecule has 20 heavy (non-hydrogen) atoms. The number of nitrogens with one attached hydrogen (secondary N) is 1. The molecule has 0 saturated heterocycles. The van der Waals surface area contributed by atoms with E-state index in [1.54, 1.807) is 4.68 Å². The van der Waals surface area contributed by atoms with Crippen molar-refractivity contribution in [3.8, 4) is 0 Å². The number of hydrogen-bond acceptors (Lipinski definition) is 3. The van der Waals surface area contributed by atoms with Gasteiger partial charge in [0.05, 0.1) is 22.5 Å². The minimum Gasteiger partial charge on any atom is -0.329 e. The van der Waals surface area contributed by atoms with Crippen molar-refractivity contribution in [3.63, 3.8) is 0 Å². The molecule has 2 rings (SSSR count). The molecule has 0 spiro atoms. The molecule has 0 radical (unpaired) electrons. The molecule has 0 unspecified atom stereocenters. The van der Waals surface area contributed by atoms with E-state index >= 15 is 0 Å². The Morgan fingerprint density at radius 2 is 1.90 bits per heavy atom. The van der Waals surface area contributed by atoms with Crippen molar-refractivity contribution in [1.82, 2.24) is 9.78 Å². The van der Waals surface area contributed by atoms with Crippen LogP contribution in [-0.2, 0) is 11.8 Å². The Morgan fingerprint density at radius 3 is 2.35 bits per heavy atom. The van der Waals surface area contributed by atoms with Gasteiger partial charge in [0.1, 0.15) is 0 Å². The molecule has 1 aliphatic carbocycles. The lowest BCUT2D eigenvalue weighted by Crippen LogP contribution is -2.42. The first kappa shape index (κ1) is 15.0. The van der Waals surface area contributed by atoms with E-state index in [4.69, 9.17) is 5.73 Å². The van der Waals surface area contributed by atoms with Crippen molar-refractivity contribution < 1.29 is 4.79 Å². The zero-order valence-corrected chi connectivity index (χ0v) is 12.8. The zero-order valence-electron chi connectivity index (χ0n) is 12.8. The van der Waals surface area contributed by atoms with Gasteiger partial charge in [-0.1, -0.05) is 25.7 Å². The summed E-state index contributed by atoms with van der Waals surface area (Å²) in [6.07, 6.45) is 6.40. The van der Waals surface area contributed by atoms with E-state index < -0.39 is 5.41 Å². The van der Waals surface area contributed by atoms with Gasteiger partial charge in [0.15, 0.2) is 0 Å². The third kappa shape index (κ3) is 2.73. The maximum Gasteiger partial charge on any atom is 0.231 e.